The number of nitrogens with zero attached hydrogens (tertiary/aromatic N) is 1. The normalized spacial score (nSPS) is 25.6. The van der Waals surface area contributed by atoms with E-state index in [1.807, 2.05) is 32.0 Å². The largest absolute Gasteiger partial charge is 0.454 e. The predicted molar refractivity (Wildman–Crippen MR) is 86.2 cm³/mol. The van der Waals surface area contributed by atoms with Crippen LogP contribution in [0.15, 0.2) is 23.3 Å². The second-order valence-corrected chi connectivity index (χ2v) is 9.19. The average molecular weight is 418 g/mol. The summed E-state index contributed by atoms with van der Waals surface area (Å²) in [5, 5.41) is 4.17. The highest BCUT2D eigenvalue weighted by Gasteiger charge is 2.66. The molecule has 1 heterocycles. The Hall–Kier alpha value is -1.08. The molecule has 21 heavy (non-hydrogen) atoms. The molecule has 112 valence electrons. The molecule has 1 aliphatic carbocycles. The second kappa shape index (κ2) is 4.98. The van der Waals surface area contributed by atoms with Gasteiger partial charge in [-0.15, -0.1) is 0 Å². The van der Waals surface area contributed by atoms with Gasteiger partial charge in [-0.1, -0.05) is 31.9 Å². The van der Waals surface area contributed by atoms with Crippen LogP contribution in [0.25, 0.3) is 0 Å². The molecule has 1 aliphatic heterocycles. The Bertz CT molecular complexity index is 645. The first kappa shape index (κ1) is 14.8. The number of benzene rings is 1. The molecule has 0 bridgehead atoms. The molecular weight excluding hydrogens is 404 g/mol. The van der Waals surface area contributed by atoms with E-state index in [0.29, 0.717) is 11.5 Å². The third-order valence-corrected chi connectivity index (χ3v) is 6.19. The van der Waals surface area contributed by atoms with E-state index in [1.165, 1.54) is 0 Å². The van der Waals surface area contributed by atoms with Crippen LogP contribution in [0.3, 0.4) is 0 Å². The van der Waals surface area contributed by atoms with Gasteiger partial charge < -0.3 is 9.47 Å². The summed E-state index contributed by atoms with van der Waals surface area (Å²) in [5.41, 5.74) is 3.73. The monoisotopic (exact) mass is 416 g/mol. The molecule has 0 aromatic heterocycles. The standard InChI is InChI=1S/C14H14Br2N2O3/c1-8(9-3-4-10-11(5-9)21-7-20-10)17-18-12(19)13(2)6-14(13,15)16/h3-5H,6-7H2,1-2H3,(H,18,19)/b17-8-/t13-/m0/s1. The van der Waals surface area contributed by atoms with Gasteiger partial charge in [0, 0.05) is 5.56 Å². The van der Waals surface area contributed by atoms with E-state index in [2.05, 4.69) is 42.4 Å². The van der Waals surface area contributed by atoms with Crippen molar-refractivity contribution in [2.75, 3.05) is 6.79 Å². The van der Waals surface area contributed by atoms with E-state index in [4.69, 9.17) is 9.47 Å². The molecule has 1 aromatic rings. The number of fused-ring (bicyclic) bond motifs is 1. The molecule has 0 radical (unpaired) electrons. The Morgan fingerprint density at radius 3 is 2.67 bits per heavy atom. The van der Waals surface area contributed by atoms with Crippen LogP contribution < -0.4 is 14.9 Å². The van der Waals surface area contributed by atoms with Gasteiger partial charge in [-0.25, -0.2) is 5.43 Å². The van der Waals surface area contributed by atoms with Crippen LogP contribution in [0, 0.1) is 5.41 Å². The lowest BCUT2D eigenvalue weighted by molar-refractivity contribution is -0.125. The third kappa shape index (κ3) is 2.57. The van der Waals surface area contributed by atoms with Gasteiger partial charge in [0.1, 0.15) is 0 Å². The molecule has 1 amide bonds. The Morgan fingerprint density at radius 1 is 1.33 bits per heavy atom. The molecule has 0 saturated heterocycles. The van der Waals surface area contributed by atoms with Crippen LogP contribution in [0.2, 0.25) is 0 Å². The molecule has 1 saturated carbocycles. The van der Waals surface area contributed by atoms with Crippen LogP contribution >= 0.6 is 31.9 Å². The number of carbonyl (C=O) groups is 1. The molecule has 3 rings (SSSR count). The van der Waals surface area contributed by atoms with Crippen molar-refractivity contribution in [3.05, 3.63) is 23.8 Å². The van der Waals surface area contributed by atoms with Gasteiger partial charge in [-0.3, -0.25) is 4.79 Å². The lowest BCUT2D eigenvalue weighted by Crippen LogP contribution is -2.30. The van der Waals surface area contributed by atoms with E-state index >= 15 is 0 Å². The zero-order valence-electron chi connectivity index (χ0n) is 11.6. The summed E-state index contributed by atoms with van der Waals surface area (Å²) in [7, 11) is 0. The van der Waals surface area contributed by atoms with Gasteiger partial charge in [-0.2, -0.15) is 5.10 Å². The average Bonchev–Trinajstić information content (AvgIpc) is 2.79. The molecular formula is C14H14Br2N2O3. The van der Waals surface area contributed by atoms with Crippen molar-refractivity contribution in [3.63, 3.8) is 0 Å². The first-order valence-corrected chi connectivity index (χ1v) is 8.05. The van der Waals surface area contributed by atoms with Crippen molar-refractivity contribution in [1.82, 2.24) is 5.43 Å². The third-order valence-electron chi connectivity index (χ3n) is 3.87. The molecule has 1 atom stereocenters. The lowest BCUT2D eigenvalue weighted by Gasteiger charge is -2.10. The maximum absolute atomic E-state index is 12.1. The summed E-state index contributed by atoms with van der Waals surface area (Å²) in [6.07, 6.45) is 0.727. The fraction of sp³-hybridized carbons (Fsp3) is 0.429. The van der Waals surface area contributed by atoms with Crippen LogP contribution in [0.4, 0.5) is 0 Å². The number of hydrogen-bond donors (Lipinski definition) is 1. The van der Waals surface area contributed by atoms with Crippen molar-refractivity contribution < 1.29 is 14.3 Å². The summed E-state index contributed by atoms with van der Waals surface area (Å²) in [6.45, 7) is 3.96. The molecule has 7 heteroatoms. The van der Waals surface area contributed by atoms with Gasteiger partial charge in [0.05, 0.1) is 14.4 Å². The smallest absolute Gasteiger partial charge is 0.248 e. The van der Waals surface area contributed by atoms with Gasteiger partial charge in [-0.05, 0) is 38.5 Å². The molecule has 0 unspecified atom stereocenters. The molecule has 5 nitrogen and oxygen atoms in total. The SMILES string of the molecule is C/C(=N/NC(=O)[C@]1(C)CC1(Br)Br)c1ccc2c(c1)OCO2. The van der Waals surface area contributed by atoms with E-state index in [1.54, 1.807) is 0 Å². The van der Waals surface area contributed by atoms with Gasteiger partial charge in [0.25, 0.3) is 0 Å². The van der Waals surface area contributed by atoms with Gasteiger partial charge in [0.2, 0.25) is 12.7 Å². The predicted octanol–water partition coefficient (Wildman–Crippen LogP) is 3.15. The summed E-state index contributed by atoms with van der Waals surface area (Å²) in [5.74, 6) is 1.31. The van der Waals surface area contributed by atoms with E-state index < -0.39 is 5.41 Å². The Morgan fingerprint density at radius 2 is 2.00 bits per heavy atom. The maximum atomic E-state index is 12.1. The van der Waals surface area contributed by atoms with Gasteiger partial charge >= 0.3 is 0 Å². The second-order valence-electron chi connectivity index (χ2n) is 5.42. The first-order valence-electron chi connectivity index (χ1n) is 6.46. The van der Waals surface area contributed by atoms with E-state index in [0.717, 1.165) is 17.7 Å². The lowest BCUT2D eigenvalue weighted by atomic mass is 10.1. The minimum Gasteiger partial charge on any atom is -0.454 e. The Balaban J connectivity index is 1.71. The summed E-state index contributed by atoms with van der Waals surface area (Å²) < 4.78 is 10.3. The molecule has 0 spiro atoms. The number of halogens is 2. The Kier molecular flexibility index (Phi) is 3.52. The number of carbonyl (C=O) groups excluding carboxylic acids is 1. The quantitative estimate of drug-likeness (QED) is 0.466. The molecule has 1 N–H and O–H groups in total. The number of hydrogen-bond acceptors (Lipinski definition) is 4. The summed E-state index contributed by atoms with van der Waals surface area (Å²) in [4.78, 5) is 12.1. The van der Waals surface area contributed by atoms with E-state index in [-0.39, 0.29) is 15.9 Å². The number of alkyl halides is 2. The van der Waals surface area contributed by atoms with Crippen molar-refractivity contribution in [2.24, 2.45) is 10.5 Å². The minimum absolute atomic E-state index is 0.114. The number of rotatable bonds is 3. The highest BCUT2D eigenvalue weighted by Crippen LogP contribution is 2.66. The summed E-state index contributed by atoms with van der Waals surface area (Å²) in [6, 6.07) is 5.57. The molecule has 1 aromatic carbocycles. The van der Waals surface area contributed by atoms with Crippen LogP contribution in [-0.4, -0.2) is 21.6 Å². The maximum Gasteiger partial charge on any atom is 0.248 e. The topological polar surface area (TPSA) is 59.9 Å². The summed E-state index contributed by atoms with van der Waals surface area (Å²) >= 11 is 6.94. The number of ether oxygens (including phenoxy) is 2. The highest BCUT2D eigenvalue weighted by molar-refractivity contribution is 9.25. The fourth-order valence-corrected chi connectivity index (χ4v) is 3.57. The zero-order chi connectivity index (χ0) is 15.3. The van der Waals surface area contributed by atoms with Gasteiger partial charge in [0.15, 0.2) is 11.5 Å². The number of hydrazone groups is 1. The van der Waals surface area contributed by atoms with E-state index in [9.17, 15) is 4.79 Å². The Labute approximate surface area is 139 Å². The van der Waals surface area contributed by atoms with Crippen molar-refractivity contribution in [2.45, 2.75) is 23.5 Å². The number of nitrogens with one attached hydrogen (secondary N) is 1. The van der Waals surface area contributed by atoms with Crippen molar-refractivity contribution >= 4 is 43.5 Å². The molecule has 1 fully saturated rings. The van der Waals surface area contributed by atoms with Crippen LogP contribution in [0.1, 0.15) is 25.8 Å². The van der Waals surface area contributed by atoms with Crippen molar-refractivity contribution in [3.8, 4) is 11.5 Å². The highest BCUT2D eigenvalue weighted by atomic mass is 79.9. The minimum atomic E-state index is -0.480. The number of amides is 1. The van der Waals surface area contributed by atoms with Crippen molar-refractivity contribution in [1.29, 1.82) is 0 Å². The van der Waals surface area contributed by atoms with Crippen LogP contribution in [-0.2, 0) is 4.79 Å². The zero-order valence-corrected chi connectivity index (χ0v) is 14.7. The first-order chi connectivity index (χ1) is 9.83. The van der Waals surface area contributed by atoms with Crippen LogP contribution in [0.5, 0.6) is 11.5 Å². The molecule has 2 aliphatic rings. The fourth-order valence-electron chi connectivity index (χ4n) is 2.09.